The number of piperazine rings is 1. The quantitative estimate of drug-likeness (QED) is 0.570. The standard InChI is InChI=1S/C11H23N5O2/c1-8(7-12)15-3-5-16(6-4-15)9(2)10(17)14-11(13)18/h8-9H,3-7,12H2,1-2H3,(H3,13,14,17,18). The molecule has 1 aliphatic heterocycles. The summed E-state index contributed by atoms with van der Waals surface area (Å²) in [5.41, 5.74) is 10.6. The van der Waals surface area contributed by atoms with Crippen molar-refractivity contribution in [1.82, 2.24) is 15.1 Å². The molecule has 0 spiro atoms. The van der Waals surface area contributed by atoms with Gasteiger partial charge in [0.25, 0.3) is 0 Å². The van der Waals surface area contributed by atoms with Crippen LogP contribution in [-0.4, -0.2) is 66.5 Å². The van der Waals surface area contributed by atoms with Crippen LogP contribution in [0.3, 0.4) is 0 Å². The molecule has 5 N–H and O–H groups in total. The van der Waals surface area contributed by atoms with Gasteiger partial charge in [0.1, 0.15) is 0 Å². The summed E-state index contributed by atoms with van der Waals surface area (Å²) in [5, 5.41) is 2.11. The van der Waals surface area contributed by atoms with Crippen LogP contribution in [0.15, 0.2) is 0 Å². The highest BCUT2D eigenvalue weighted by atomic mass is 16.2. The zero-order chi connectivity index (χ0) is 13.7. The summed E-state index contributed by atoms with van der Waals surface area (Å²) in [7, 11) is 0. The van der Waals surface area contributed by atoms with Crippen LogP contribution in [-0.2, 0) is 4.79 Å². The van der Waals surface area contributed by atoms with Crippen molar-refractivity contribution in [3.05, 3.63) is 0 Å². The predicted octanol–water partition coefficient (Wildman–Crippen LogP) is -1.47. The van der Waals surface area contributed by atoms with Crippen molar-refractivity contribution in [3.8, 4) is 0 Å². The average molecular weight is 257 g/mol. The molecule has 2 atom stereocenters. The van der Waals surface area contributed by atoms with E-state index in [0.717, 1.165) is 26.2 Å². The van der Waals surface area contributed by atoms with E-state index in [1.165, 1.54) is 0 Å². The van der Waals surface area contributed by atoms with Gasteiger partial charge in [0.2, 0.25) is 5.91 Å². The van der Waals surface area contributed by atoms with Crippen molar-refractivity contribution in [2.24, 2.45) is 11.5 Å². The number of rotatable bonds is 4. The van der Waals surface area contributed by atoms with E-state index in [1.807, 2.05) is 4.90 Å². The predicted molar refractivity (Wildman–Crippen MR) is 68.9 cm³/mol. The van der Waals surface area contributed by atoms with Gasteiger partial charge in [-0.1, -0.05) is 0 Å². The molecule has 1 fully saturated rings. The molecule has 7 nitrogen and oxygen atoms in total. The van der Waals surface area contributed by atoms with Crippen LogP contribution in [0.4, 0.5) is 4.79 Å². The topological polar surface area (TPSA) is 105 Å². The van der Waals surface area contributed by atoms with Crippen molar-refractivity contribution < 1.29 is 9.59 Å². The van der Waals surface area contributed by atoms with Gasteiger partial charge in [-0.05, 0) is 13.8 Å². The molecule has 18 heavy (non-hydrogen) atoms. The van der Waals surface area contributed by atoms with Gasteiger partial charge in [0.05, 0.1) is 6.04 Å². The number of nitrogens with zero attached hydrogens (tertiary/aromatic N) is 2. The number of hydrogen-bond acceptors (Lipinski definition) is 5. The lowest BCUT2D eigenvalue weighted by Gasteiger charge is -2.39. The Hall–Kier alpha value is -1.18. The lowest BCUT2D eigenvalue weighted by molar-refractivity contribution is -0.125. The minimum absolute atomic E-state index is 0.340. The second kappa shape index (κ2) is 6.67. The highest BCUT2D eigenvalue weighted by Gasteiger charge is 2.27. The van der Waals surface area contributed by atoms with E-state index in [4.69, 9.17) is 11.5 Å². The summed E-state index contributed by atoms with van der Waals surface area (Å²) in [4.78, 5) is 26.6. The molecule has 2 unspecified atom stereocenters. The van der Waals surface area contributed by atoms with Crippen molar-refractivity contribution >= 4 is 11.9 Å². The largest absolute Gasteiger partial charge is 0.351 e. The zero-order valence-electron chi connectivity index (χ0n) is 11.1. The normalized spacial score (nSPS) is 21.3. The summed E-state index contributed by atoms with van der Waals surface area (Å²) in [6, 6.07) is -0.781. The fraction of sp³-hybridized carbons (Fsp3) is 0.818. The summed E-state index contributed by atoms with van der Waals surface area (Å²) in [6.45, 7) is 7.85. The number of primary amides is 1. The van der Waals surface area contributed by atoms with Crippen LogP contribution < -0.4 is 16.8 Å². The molecular weight excluding hydrogens is 234 g/mol. The summed E-state index contributed by atoms with van der Waals surface area (Å²) < 4.78 is 0. The Labute approximate surface area is 107 Å². The van der Waals surface area contributed by atoms with Crippen molar-refractivity contribution in [2.45, 2.75) is 25.9 Å². The van der Waals surface area contributed by atoms with Crippen LogP contribution in [0.25, 0.3) is 0 Å². The molecule has 104 valence electrons. The van der Waals surface area contributed by atoms with Gasteiger partial charge in [-0.25, -0.2) is 4.79 Å². The number of carbonyl (C=O) groups is 2. The summed E-state index contributed by atoms with van der Waals surface area (Å²) in [5.74, 6) is -0.345. The van der Waals surface area contributed by atoms with Gasteiger partial charge in [-0.2, -0.15) is 0 Å². The van der Waals surface area contributed by atoms with Crippen molar-refractivity contribution in [2.75, 3.05) is 32.7 Å². The maximum absolute atomic E-state index is 11.6. The van der Waals surface area contributed by atoms with Crippen LogP contribution in [0.5, 0.6) is 0 Å². The maximum Gasteiger partial charge on any atom is 0.318 e. The Morgan fingerprint density at radius 2 is 1.67 bits per heavy atom. The first-order chi connectivity index (χ1) is 8.45. The van der Waals surface area contributed by atoms with Crippen LogP contribution in [0, 0.1) is 0 Å². The van der Waals surface area contributed by atoms with Crippen LogP contribution >= 0.6 is 0 Å². The van der Waals surface area contributed by atoms with Gasteiger partial charge in [-0.15, -0.1) is 0 Å². The first-order valence-electron chi connectivity index (χ1n) is 6.24. The Bertz CT molecular complexity index is 302. The Morgan fingerprint density at radius 3 is 2.11 bits per heavy atom. The van der Waals surface area contributed by atoms with E-state index in [1.54, 1.807) is 6.92 Å². The lowest BCUT2D eigenvalue weighted by Crippen LogP contribution is -2.57. The van der Waals surface area contributed by atoms with Crippen molar-refractivity contribution in [1.29, 1.82) is 0 Å². The first kappa shape index (κ1) is 14.9. The second-order valence-corrected chi connectivity index (χ2v) is 4.69. The average Bonchev–Trinajstić information content (AvgIpc) is 2.36. The maximum atomic E-state index is 11.6. The van der Waals surface area contributed by atoms with E-state index in [-0.39, 0.29) is 11.9 Å². The molecule has 1 rings (SSSR count). The molecule has 1 aliphatic rings. The number of nitrogens with two attached hydrogens (primary N) is 2. The highest BCUT2D eigenvalue weighted by Crippen LogP contribution is 2.08. The van der Waals surface area contributed by atoms with Gasteiger partial charge < -0.3 is 11.5 Å². The fourth-order valence-corrected chi connectivity index (χ4v) is 2.11. The fourth-order valence-electron chi connectivity index (χ4n) is 2.11. The van der Waals surface area contributed by atoms with Crippen LogP contribution in [0.2, 0.25) is 0 Å². The van der Waals surface area contributed by atoms with Crippen molar-refractivity contribution in [3.63, 3.8) is 0 Å². The van der Waals surface area contributed by atoms with E-state index >= 15 is 0 Å². The lowest BCUT2D eigenvalue weighted by atomic mass is 10.2. The molecule has 0 aromatic rings. The summed E-state index contributed by atoms with van der Waals surface area (Å²) >= 11 is 0. The molecule has 0 aliphatic carbocycles. The first-order valence-corrected chi connectivity index (χ1v) is 6.24. The van der Waals surface area contributed by atoms with Gasteiger partial charge >= 0.3 is 6.03 Å². The third kappa shape index (κ3) is 3.94. The van der Waals surface area contributed by atoms with Gasteiger partial charge in [0, 0.05) is 38.8 Å². The molecule has 7 heteroatoms. The molecule has 0 saturated carbocycles. The molecule has 0 bridgehead atoms. The number of imide groups is 1. The minimum atomic E-state index is -0.803. The molecule has 1 heterocycles. The number of urea groups is 1. The molecular formula is C11H23N5O2. The monoisotopic (exact) mass is 257 g/mol. The highest BCUT2D eigenvalue weighted by molar-refractivity contribution is 5.96. The van der Waals surface area contributed by atoms with Gasteiger partial charge in [0.15, 0.2) is 0 Å². The Balaban J connectivity index is 2.42. The summed E-state index contributed by atoms with van der Waals surface area (Å²) in [6.07, 6.45) is 0. The zero-order valence-corrected chi connectivity index (χ0v) is 11.1. The van der Waals surface area contributed by atoms with Gasteiger partial charge in [-0.3, -0.25) is 19.9 Å². The molecule has 0 radical (unpaired) electrons. The van der Waals surface area contributed by atoms with E-state index in [0.29, 0.717) is 12.6 Å². The van der Waals surface area contributed by atoms with E-state index < -0.39 is 6.03 Å². The van der Waals surface area contributed by atoms with E-state index in [2.05, 4.69) is 17.1 Å². The molecule has 1 saturated heterocycles. The second-order valence-electron chi connectivity index (χ2n) is 4.69. The Kier molecular flexibility index (Phi) is 5.52. The smallest absolute Gasteiger partial charge is 0.318 e. The number of nitrogens with one attached hydrogen (secondary N) is 1. The SMILES string of the molecule is CC(CN)N1CCN(C(C)C(=O)NC(N)=O)CC1. The molecule has 0 aromatic carbocycles. The number of amides is 3. The molecule has 3 amide bonds. The third-order valence-electron chi connectivity index (χ3n) is 3.49. The minimum Gasteiger partial charge on any atom is -0.351 e. The molecule has 0 aromatic heterocycles. The third-order valence-corrected chi connectivity index (χ3v) is 3.49. The Morgan fingerprint density at radius 1 is 1.17 bits per heavy atom. The number of carbonyl (C=O) groups excluding carboxylic acids is 2. The van der Waals surface area contributed by atoms with E-state index in [9.17, 15) is 9.59 Å². The van der Waals surface area contributed by atoms with Crippen LogP contribution in [0.1, 0.15) is 13.8 Å². The number of hydrogen-bond donors (Lipinski definition) is 3.